The van der Waals surface area contributed by atoms with Gasteiger partial charge in [0.25, 0.3) is 5.91 Å². The van der Waals surface area contributed by atoms with Crippen molar-refractivity contribution in [3.8, 4) is 0 Å². The minimum absolute atomic E-state index is 0.0670. The minimum Gasteiger partial charge on any atom is -0.381 e. The number of hydroxylamine groups is 2. The Labute approximate surface area is 140 Å². The Balaban J connectivity index is 1.54. The molecule has 0 N–H and O–H groups in total. The summed E-state index contributed by atoms with van der Waals surface area (Å²) in [5.74, 6) is -0.154. The number of carbonyl (C=O) groups excluding carboxylic acids is 2. The maximum absolute atomic E-state index is 12.9. The van der Waals surface area contributed by atoms with Crippen molar-refractivity contribution in [2.24, 2.45) is 5.92 Å². The van der Waals surface area contributed by atoms with E-state index >= 15 is 0 Å². The Morgan fingerprint density at radius 3 is 2.88 bits per heavy atom. The van der Waals surface area contributed by atoms with Crippen LogP contribution in [0.1, 0.15) is 31.0 Å². The highest BCUT2D eigenvalue weighted by atomic mass is 16.7. The van der Waals surface area contributed by atoms with Gasteiger partial charge in [-0.1, -0.05) is 0 Å². The first-order valence-electron chi connectivity index (χ1n) is 8.57. The van der Waals surface area contributed by atoms with Crippen LogP contribution in [-0.4, -0.2) is 64.5 Å². The summed E-state index contributed by atoms with van der Waals surface area (Å²) >= 11 is 0. The average molecular weight is 334 g/mol. The molecule has 130 valence electrons. The summed E-state index contributed by atoms with van der Waals surface area (Å²) < 4.78 is 7.06. The predicted octanol–water partition coefficient (Wildman–Crippen LogP) is 0.357. The summed E-state index contributed by atoms with van der Waals surface area (Å²) in [5, 5.41) is 5.73. The summed E-state index contributed by atoms with van der Waals surface area (Å²) in [6.45, 7) is 3.08. The van der Waals surface area contributed by atoms with Crippen molar-refractivity contribution in [1.29, 1.82) is 0 Å². The lowest BCUT2D eigenvalue weighted by atomic mass is 10.1. The van der Waals surface area contributed by atoms with Gasteiger partial charge in [0, 0.05) is 19.3 Å². The Morgan fingerprint density at radius 2 is 2.12 bits per heavy atom. The van der Waals surface area contributed by atoms with Crippen LogP contribution < -0.4 is 0 Å². The number of carbonyl (C=O) groups is 2. The SMILES string of the molecule is O=C([C@H]1CCOC1)N1Cc2ccnn2[C@@H](C(=O)N2CCCCO2)C1. The Morgan fingerprint density at radius 1 is 1.21 bits per heavy atom. The summed E-state index contributed by atoms with van der Waals surface area (Å²) in [7, 11) is 0. The molecule has 4 rings (SSSR count). The van der Waals surface area contributed by atoms with Gasteiger partial charge >= 0.3 is 0 Å². The molecule has 3 aliphatic rings. The highest BCUT2D eigenvalue weighted by Crippen LogP contribution is 2.26. The topological polar surface area (TPSA) is 76.9 Å². The molecule has 0 radical (unpaired) electrons. The molecular weight excluding hydrogens is 312 g/mol. The number of aromatic nitrogens is 2. The molecule has 2 amide bonds. The number of fused-ring (bicyclic) bond motifs is 1. The van der Waals surface area contributed by atoms with E-state index in [9.17, 15) is 9.59 Å². The van der Waals surface area contributed by atoms with E-state index in [1.165, 1.54) is 5.06 Å². The molecule has 2 atom stereocenters. The molecule has 2 fully saturated rings. The molecule has 8 nitrogen and oxygen atoms in total. The molecule has 8 heteroatoms. The van der Waals surface area contributed by atoms with E-state index in [0.29, 0.717) is 39.5 Å². The summed E-state index contributed by atoms with van der Waals surface area (Å²) in [5.41, 5.74) is 0.879. The molecule has 1 aromatic rings. The summed E-state index contributed by atoms with van der Waals surface area (Å²) in [6, 6.07) is 1.34. The van der Waals surface area contributed by atoms with Gasteiger partial charge in [-0.2, -0.15) is 5.10 Å². The number of nitrogens with zero attached hydrogens (tertiary/aromatic N) is 4. The molecule has 0 aromatic carbocycles. The van der Waals surface area contributed by atoms with Gasteiger partial charge in [-0.25, -0.2) is 5.06 Å². The van der Waals surface area contributed by atoms with Crippen LogP contribution in [0.25, 0.3) is 0 Å². The lowest BCUT2D eigenvalue weighted by Gasteiger charge is -2.37. The van der Waals surface area contributed by atoms with Crippen molar-refractivity contribution in [1.82, 2.24) is 19.7 Å². The zero-order valence-corrected chi connectivity index (χ0v) is 13.6. The standard InChI is InChI=1S/C16H22N4O4/c21-15(12-4-8-23-11-12)18-9-13-3-5-17-20(13)14(10-18)16(22)19-6-1-2-7-24-19/h3,5,12,14H,1-2,4,6-11H2/t12-,14+/m0/s1. The summed E-state index contributed by atoms with van der Waals surface area (Å²) in [4.78, 5) is 32.9. The van der Waals surface area contributed by atoms with E-state index < -0.39 is 6.04 Å². The van der Waals surface area contributed by atoms with E-state index in [1.54, 1.807) is 15.8 Å². The van der Waals surface area contributed by atoms with Crippen LogP contribution in [0.15, 0.2) is 12.3 Å². The number of amides is 2. The molecule has 24 heavy (non-hydrogen) atoms. The van der Waals surface area contributed by atoms with Gasteiger partial charge in [-0.05, 0) is 25.3 Å². The van der Waals surface area contributed by atoms with Crippen molar-refractivity contribution >= 4 is 11.8 Å². The maximum atomic E-state index is 12.9. The van der Waals surface area contributed by atoms with E-state index in [1.807, 2.05) is 6.07 Å². The van der Waals surface area contributed by atoms with Crippen LogP contribution in [-0.2, 0) is 25.7 Å². The third-order valence-corrected chi connectivity index (χ3v) is 4.92. The average Bonchev–Trinajstić information content (AvgIpc) is 3.31. The van der Waals surface area contributed by atoms with Crippen LogP contribution in [0.4, 0.5) is 0 Å². The zero-order chi connectivity index (χ0) is 16.5. The van der Waals surface area contributed by atoms with Crippen LogP contribution in [0, 0.1) is 5.92 Å². The highest BCUT2D eigenvalue weighted by molar-refractivity contribution is 5.83. The number of ether oxygens (including phenoxy) is 1. The Kier molecular flexibility index (Phi) is 4.24. The highest BCUT2D eigenvalue weighted by Gasteiger charge is 2.38. The van der Waals surface area contributed by atoms with Crippen LogP contribution in [0.5, 0.6) is 0 Å². The second kappa shape index (κ2) is 6.52. The molecule has 2 saturated heterocycles. The molecular formula is C16H22N4O4. The third-order valence-electron chi connectivity index (χ3n) is 4.92. The van der Waals surface area contributed by atoms with Crippen molar-refractivity contribution < 1.29 is 19.2 Å². The van der Waals surface area contributed by atoms with Gasteiger partial charge in [0.2, 0.25) is 5.91 Å². The van der Waals surface area contributed by atoms with Gasteiger partial charge in [0.05, 0.1) is 37.9 Å². The second-order valence-electron chi connectivity index (χ2n) is 6.54. The van der Waals surface area contributed by atoms with E-state index in [2.05, 4.69) is 5.10 Å². The fourth-order valence-corrected chi connectivity index (χ4v) is 3.57. The first-order chi connectivity index (χ1) is 11.7. The third kappa shape index (κ3) is 2.80. The minimum atomic E-state index is -0.520. The van der Waals surface area contributed by atoms with Gasteiger partial charge in [-0.15, -0.1) is 0 Å². The molecule has 0 spiro atoms. The lowest BCUT2D eigenvalue weighted by Crippen LogP contribution is -2.50. The lowest BCUT2D eigenvalue weighted by molar-refractivity contribution is -0.201. The van der Waals surface area contributed by atoms with Crippen molar-refractivity contribution in [3.63, 3.8) is 0 Å². The van der Waals surface area contributed by atoms with Crippen molar-refractivity contribution in [2.75, 3.05) is 32.9 Å². The molecule has 0 bridgehead atoms. The van der Waals surface area contributed by atoms with E-state index in [4.69, 9.17) is 9.57 Å². The zero-order valence-electron chi connectivity index (χ0n) is 13.6. The van der Waals surface area contributed by atoms with Crippen LogP contribution >= 0.6 is 0 Å². The van der Waals surface area contributed by atoms with Crippen LogP contribution in [0.3, 0.4) is 0 Å². The first kappa shape index (κ1) is 15.6. The maximum Gasteiger partial charge on any atom is 0.272 e. The Bertz CT molecular complexity index is 619. The second-order valence-corrected chi connectivity index (χ2v) is 6.54. The molecule has 1 aromatic heterocycles. The fraction of sp³-hybridized carbons (Fsp3) is 0.688. The quantitative estimate of drug-likeness (QED) is 0.780. The predicted molar refractivity (Wildman–Crippen MR) is 82.5 cm³/mol. The largest absolute Gasteiger partial charge is 0.381 e. The number of hydrogen-bond acceptors (Lipinski definition) is 5. The van der Waals surface area contributed by atoms with E-state index in [-0.39, 0.29) is 17.7 Å². The van der Waals surface area contributed by atoms with Gasteiger partial charge < -0.3 is 9.64 Å². The molecule has 4 heterocycles. The van der Waals surface area contributed by atoms with E-state index in [0.717, 1.165) is 25.0 Å². The first-order valence-corrected chi connectivity index (χ1v) is 8.57. The fourth-order valence-electron chi connectivity index (χ4n) is 3.57. The van der Waals surface area contributed by atoms with Gasteiger partial charge in [-0.3, -0.25) is 19.1 Å². The Hall–Kier alpha value is -1.93. The molecule has 0 unspecified atom stereocenters. The molecule has 3 aliphatic heterocycles. The molecule has 0 saturated carbocycles. The van der Waals surface area contributed by atoms with Crippen molar-refractivity contribution in [3.05, 3.63) is 18.0 Å². The van der Waals surface area contributed by atoms with Gasteiger partial charge in [0.1, 0.15) is 0 Å². The van der Waals surface area contributed by atoms with Crippen molar-refractivity contribution in [2.45, 2.75) is 31.8 Å². The number of hydrogen-bond donors (Lipinski definition) is 0. The van der Waals surface area contributed by atoms with Crippen LogP contribution in [0.2, 0.25) is 0 Å². The van der Waals surface area contributed by atoms with Gasteiger partial charge in [0.15, 0.2) is 6.04 Å². The normalized spacial score (nSPS) is 27.2. The molecule has 0 aliphatic carbocycles. The number of rotatable bonds is 2. The monoisotopic (exact) mass is 334 g/mol. The summed E-state index contributed by atoms with van der Waals surface area (Å²) in [6.07, 6.45) is 4.34. The smallest absolute Gasteiger partial charge is 0.272 e.